The number of rotatable bonds is 7. The highest BCUT2D eigenvalue weighted by Crippen LogP contribution is 2.18. The average Bonchev–Trinajstić information content (AvgIpc) is 2.88. The SMILES string of the molecule is CCC(C)c1cccc(OC)n1.CCc1ncccc1OC.COc1ccnc(C(C)C)c1. The monoisotopic (exact) mass is 453 g/mol. The van der Waals surface area contributed by atoms with Crippen molar-refractivity contribution in [1.82, 2.24) is 15.0 Å². The number of aromatic nitrogens is 3. The Morgan fingerprint density at radius 2 is 1.55 bits per heavy atom. The summed E-state index contributed by atoms with van der Waals surface area (Å²) in [7, 11) is 4.97. The van der Waals surface area contributed by atoms with E-state index in [1.54, 1.807) is 33.7 Å². The molecule has 0 aliphatic heterocycles. The molecule has 3 aromatic rings. The van der Waals surface area contributed by atoms with E-state index in [9.17, 15) is 0 Å². The lowest BCUT2D eigenvalue weighted by molar-refractivity contribution is 0.395. The Hall–Kier alpha value is -3.15. The van der Waals surface area contributed by atoms with E-state index >= 15 is 0 Å². The van der Waals surface area contributed by atoms with E-state index in [1.807, 2.05) is 42.5 Å². The van der Waals surface area contributed by atoms with Crippen molar-refractivity contribution >= 4 is 0 Å². The van der Waals surface area contributed by atoms with Crippen LogP contribution in [-0.2, 0) is 6.42 Å². The topological polar surface area (TPSA) is 66.4 Å². The molecular formula is C27H39N3O3. The van der Waals surface area contributed by atoms with Crippen molar-refractivity contribution in [2.24, 2.45) is 0 Å². The van der Waals surface area contributed by atoms with Gasteiger partial charge >= 0.3 is 0 Å². The first-order chi connectivity index (χ1) is 15.9. The van der Waals surface area contributed by atoms with Crippen LogP contribution in [0.2, 0.25) is 0 Å². The highest BCUT2D eigenvalue weighted by Gasteiger charge is 2.04. The molecule has 3 rings (SSSR count). The summed E-state index contributed by atoms with van der Waals surface area (Å²) in [5.74, 6) is 3.44. The molecular weight excluding hydrogens is 414 g/mol. The van der Waals surface area contributed by atoms with Crippen LogP contribution in [0.3, 0.4) is 0 Å². The van der Waals surface area contributed by atoms with Gasteiger partial charge in [-0.15, -0.1) is 0 Å². The number of ether oxygens (including phenoxy) is 3. The van der Waals surface area contributed by atoms with Gasteiger partial charge in [0.1, 0.15) is 11.5 Å². The van der Waals surface area contributed by atoms with Gasteiger partial charge in [0.25, 0.3) is 0 Å². The van der Waals surface area contributed by atoms with Crippen LogP contribution in [0.1, 0.15) is 70.0 Å². The molecule has 0 saturated heterocycles. The lowest BCUT2D eigenvalue weighted by atomic mass is 10.0. The van der Waals surface area contributed by atoms with E-state index in [4.69, 9.17) is 14.2 Å². The van der Waals surface area contributed by atoms with Crippen molar-refractivity contribution in [2.75, 3.05) is 21.3 Å². The summed E-state index contributed by atoms with van der Waals surface area (Å²) < 4.78 is 15.2. The number of pyridine rings is 3. The Morgan fingerprint density at radius 3 is 2.09 bits per heavy atom. The maximum atomic E-state index is 5.07. The Labute approximate surface area is 199 Å². The number of nitrogens with zero attached hydrogens (tertiary/aromatic N) is 3. The molecule has 0 radical (unpaired) electrons. The Bertz CT molecular complexity index is 909. The fourth-order valence-electron chi connectivity index (χ4n) is 2.77. The van der Waals surface area contributed by atoms with Crippen LogP contribution in [0.4, 0.5) is 0 Å². The molecule has 6 heteroatoms. The van der Waals surface area contributed by atoms with Gasteiger partial charge in [0.15, 0.2) is 0 Å². The molecule has 180 valence electrons. The van der Waals surface area contributed by atoms with Crippen LogP contribution >= 0.6 is 0 Å². The first-order valence-corrected chi connectivity index (χ1v) is 11.4. The second kappa shape index (κ2) is 15.6. The molecule has 0 bridgehead atoms. The van der Waals surface area contributed by atoms with Gasteiger partial charge < -0.3 is 14.2 Å². The first-order valence-electron chi connectivity index (χ1n) is 11.4. The molecule has 0 amide bonds. The first kappa shape index (κ1) is 27.9. The fraction of sp³-hybridized carbons (Fsp3) is 0.444. The molecule has 0 saturated carbocycles. The summed E-state index contributed by atoms with van der Waals surface area (Å²) >= 11 is 0. The molecule has 3 heterocycles. The van der Waals surface area contributed by atoms with Gasteiger partial charge in [0.05, 0.1) is 27.0 Å². The molecule has 0 fully saturated rings. The van der Waals surface area contributed by atoms with E-state index in [-0.39, 0.29) is 0 Å². The molecule has 6 nitrogen and oxygen atoms in total. The van der Waals surface area contributed by atoms with Gasteiger partial charge in [-0.2, -0.15) is 0 Å². The molecule has 1 unspecified atom stereocenters. The van der Waals surface area contributed by atoms with Gasteiger partial charge in [0, 0.05) is 35.9 Å². The molecule has 0 N–H and O–H groups in total. The normalized spacial score (nSPS) is 10.8. The summed E-state index contributed by atoms with van der Waals surface area (Å²) in [6.45, 7) is 10.6. The predicted molar refractivity (Wildman–Crippen MR) is 135 cm³/mol. The number of hydrogen-bond acceptors (Lipinski definition) is 6. The zero-order chi connectivity index (χ0) is 24.6. The van der Waals surface area contributed by atoms with Crippen molar-refractivity contribution in [2.45, 2.75) is 59.3 Å². The van der Waals surface area contributed by atoms with Crippen molar-refractivity contribution in [3.05, 3.63) is 71.9 Å². The third-order valence-electron chi connectivity index (χ3n) is 5.05. The van der Waals surface area contributed by atoms with Gasteiger partial charge in [-0.3, -0.25) is 9.97 Å². The standard InChI is InChI=1S/C10H15NO.C9H13NO.C8H11NO/c1-4-8(2)9-6-5-7-10(11-9)12-3;1-7(2)9-6-8(11-3)4-5-10-9;1-3-7-8(10-2)5-4-6-9-7/h5-8H,4H2,1-3H3;4-7H,1-3H3;4-6H,3H2,1-2H3. The van der Waals surface area contributed by atoms with Crippen LogP contribution in [0.15, 0.2) is 54.9 Å². The second-order valence-electron chi connectivity index (χ2n) is 7.70. The van der Waals surface area contributed by atoms with Gasteiger partial charge in [-0.25, -0.2) is 4.98 Å². The maximum Gasteiger partial charge on any atom is 0.213 e. The van der Waals surface area contributed by atoms with E-state index < -0.39 is 0 Å². The zero-order valence-corrected chi connectivity index (χ0v) is 21.3. The van der Waals surface area contributed by atoms with Gasteiger partial charge in [-0.1, -0.05) is 40.7 Å². The van der Waals surface area contributed by atoms with Crippen LogP contribution in [0.5, 0.6) is 17.4 Å². The van der Waals surface area contributed by atoms with E-state index in [0.717, 1.165) is 41.4 Å². The van der Waals surface area contributed by atoms with Crippen molar-refractivity contribution < 1.29 is 14.2 Å². The Balaban J connectivity index is 0.000000249. The lowest BCUT2D eigenvalue weighted by Gasteiger charge is -2.08. The van der Waals surface area contributed by atoms with Crippen LogP contribution in [-0.4, -0.2) is 36.3 Å². The van der Waals surface area contributed by atoms with Crippen LogP contribution in [0.25, 0.3) is 0 Å². The number of methoxy groups -OCH3 is 3. The smallest absolute Gasteiger partial charge is 0.213 e. The summed E-state index contributed by atoms with van der Waals surface area (Å²) in [6, 6.07) is 13.5. The van der Waals surface area contributed by atoms with Gasteiger partial charge in [0.2, 0.25) is 5.88 Å². The molecule has 3 aromatic heterocycles. The molecule has 0 aromatic carbocycles. The minimum Gasteiger partial charge on any atom is -0.497 e. The second-order valence-corrected chi connectivity index (χ2v) is 7.70. The molecule has 1 atom stereocenters. The van der Waals surface area contributed by atoms with Gasteiger partial charge in [-0.05, 0) is 48.9 Å². The highest BCUT2D eigenvalue weighted by atomic mass is 16.5. The summed E-state index contributed by atoms with van der Waals surface area (Å²) in [5.41, 5.74) is 3.20. The largest absolute Gasteiger partial charge is 0.497 e. The molecule has 0 aliphatic carbocycles. The zero-order valence-electron chi connectivity index (χ0n) is 21.3. The highest BCUT2D eigenvalue weighted by molar-refractivity contribution is 5.26. The predicted octanol–water partition coefficient (Wildman–Crippen LogP) is 6.47. The van der Waals surface area contributed by atoms with Crippen molar-refractivity contribution in [3.63, 3.8) is 0 Å². The van der Waals surface area contributed by atoms with Crippen LogP contribution in [0, 0.1) is 0 Å². The van der Waals surface area contributed by atoms with E-state index in [1.165, 1.54) is 0 Å². The third-order valence-corrected chi connectivity index (χ3v) is 5.05. The molecule has 0 aliphatic rings. The fourth-order valence-corrected chi connectivity index (χ4v) is 2.77. The number of aryl methyl sites for hydroxylation is 1. The summed E-state index contributed by atoms with van der Waals surface area (Å²) in [4.78, 5) is 12.7. The molecule has 33 heavy (non-hydrogen) atoms. The minimum absolute atomic E-state index is 0.463. The summed E-state index contributed by atoms with van der Waals surface area (Å²) in [5, 5.41) is 0. The van der Waals surface area contributed by atoms with E-state index in [0.29, 0.717) is 17.7 Å². The Morgan fingerprint density at radius 1 is 0.788 bits per heavy atom. The van der Waals surface area contributed by atoms with E-state index in [2.05, 4.69) is 49.6 Å². The quantitative estimate of drug-likeness (QED) is 0.408. The Kier molecular flexibility index (Phi) is 13.2. The van der Waals surface area contributed by atoms with Crippen molar-refractivity contribution in [1.29, 1.82) is 0 Å². The lowest BCUT2D eigenvalue weighted by Crippen LogP contribution is -1.96. The maximum absolute atomic E-state index is 5.07. The number of hydrogen-bond donors (Lipinski definition) is 0. The average molecular weight is 454 g/mol. The molecule has 0 spiro atoms. The summed E-state index contributed by atoms with van der Waals surface area (Å²) in [6.07, 6.45) is 5.58. The van der Waals surface area contributed by atoms with Crippen LogP contribution < -0.4 is 14.2 Å². The minimum atomic E-state index is 0.463. The van der Waals surface area contributed by atoms with Crippen molar-refractivity contribution in [3.8, 4) is 17.4 Å². The third kappa shape index (κ3) is 9.89.